The number of anilines is 1. The van der Waals surface area contributed by atoms with Gasteiger partial charge >= 0.3 is 0 Å². The van der Waals surface area contributed by atoms with E-state index in [-0.39, 0.29) is 11.8 Å². The minimum Gasteiger partial charge on any atom is -0.349 e. The summed E-state index contributed by atoms with van der Waals surface area (Å²) in [5, 5.41) is 23.0. The van der Waals surface area contributed by atoms with Crippen molar-refractivity contribution in [2.24, 2.45) is 0 Å². The molecule has 1 aromatic heterocycles. The molecule has 0 radical (unpaired) electrons. The number of amides is 2. The van der Waals surface area contributed by atoms with Crippen LogP contribution in [-0.4, -0.2) is 28.1 Å². The number of nitriles is 1. The van der Waals surface area contributed by atoms with Crippen LogP contribution in [0.5, 0.6) is 0 Å². The zero-order valence-electron chi connectivity index (χ0n) is 16.9. The van der Waals surface area contributed by atoms with Gasteiger partial charge in [-0.2, -0.15) is 5.26 Å². The molecule has 1 aliphatic carbocycles. The monoisotopic (exact) mass is 461 g/mol. The second kappa shape index (κ2) is 10.2. The van der Waals surface area contributed by atoms with E-state index in [9.17, 15) is 9.59 Å². The Kier molecular flexibility index (Phi) is 6.94. The molecule has 2 aromatic carbocycles. The van der Waals surface area contributed by atoms with Crippen molar-refractivity contribution in [3.05, 3.63) is 76.9 Å². The number of rotatable bonds is 8. The average Bonchev–Trinajstić information content (AvgIpc) is 3.52. The maximum Gasteiger partial charge on any atom is 0.251 e. The zero-order chi connectivity index (χ0) is 22.3. The fourth-order valence-electron chi connectivity index (χ4n) is 2.70. The molecule has 0 saturated heterocycles. The first-order valence-electron chi connectivity index (χ1n) is 9.94. The van der Waals surface area contributed by atoms with Gasteiger partial charge in [0.2, 0.25) is 11.0 Å². The van der Waals surface area contributed by atoms with E-state index < -0.39 is 0 Å². The summed E-state index contributed by atoms with van der Waals surface area (Å²) in [6.45, 7) is 0. The molecule has 0 bridgehead atoms. The fraction of sp³-hybridized carbons (Fsp3) is 0.174. The molecule has 2 amide bonds. The number of nitrogens with zero attached hydrogens (tertiary/aromatic N) is 3. The van der Waals surface area contributed by atoms with Crippen LogP contribution in [0.1, 0.15) is 39.9 Å². The lowest BCUT2D eigenvalue weighted by molar-refractivity contribution is -0.111. The number of nitrogens with one attached hydrogen (secondary N) is 2. The van der Waals surface area contributed by atoms with Gasteiger partial charge in [0, 0.05) is 23.4 Å². The maximum absolute atomic E-state index is 12.2. The average molecular weight is 462 g/mol. The van der Waals surface area contributed by atoms with Crippen molar-refractivity contribution in [2.75, 3.05) is 5.32 Å². The topological polar surface area (TPSA) is 108 Å². The number of aromatic nitrogens is 2. The lowest BCUT2D eigenvalue weighted by Gasteiger charge is -2.03. The third-order valence-corrected chi connectivity index (χ3v) is 6.64. The molecule has 7 nitrogen and oxygen atoms in total. The number of benzene rings is 2. The second-order valence-corrected chi connectivity index (χ2v) is 9.36. The Balaban J connectivity index is 1.25. The molecular weight excluding hydrogens is 442 g/mol. The Bertz CT molecular complexity index is 1180. The molecule has 0 atom stereocenters. The Morgan fingerprint density at radius 1 is 1.12 bits per heavy atom. The van der Waals surface area contributed by atoms with Crippen LogP contribution in [0.2, 0.25) is 0 Å². The fourth-order valence-corrected chi connectivity index (χ4v) is 4.41. The first kappa shape index (κ1) is 21.7. The molecular formula is C23H19N5O2S2. The van der Waals surface area contributed by atoms with Crippen LogP contribution in [0.25, 0.3) is 6.08 Å². The first-order valence-corrected chi connectivity index (χ1v) is 11.7. The molecule has 0 spiro atoms. The summed E-state index contributed by atoms with van der Waals surface area (Å²) in [5.41, 5.74) is 3.13. The highest BCUT2D eigenvalue weighted by Crippen LogP contribution is 2.28. The standard InChI is InChI=1S/C23H19N5O2S2/c24-13-16-1-3-17(4-2-16)14-31-23-28-27-22(32-23)26-20(29)12-7-15-5-8-18(9-6-15)21(30)25-19-10-11-19/h1-9,12,19H,10-11,14H2,(H,25,30)(H,26,27,29)/b12-7+. The summed E-state index contributed by atoms with van der Waals surface area (Å²) in [7, 11) is 0. The van der Waals surface area contributed by atoms with E-state index in [2.05, 4.69) is 26.9 Å². The van der Waals surface area contributed by atoms with Crippen molar-refractivity contribution < 1.29 is 9.59 Å². The van der Waals surface area contributed by atoms with E-state index in [4.69, 9.17) is 5.26 Å². The Morgan fingerprint density at radius 3 is 2.56 bits per heavy atom. The molecule has 1 heterocycles. The number of hydrogen-bond donors (Lipinski definition) is 2. The molecule has 1 fully saturated rings. The third-order valence-electron chi connectivity index (χ3n) is 4.59. The van der Waals surface area contributed by atoms with Crippen LogP contribution in [0, 0.1) is 11.3 Å². The van der Waals surface area contributed by atoms with Gasteiger partial charge in [-0.1, -0.05) is 47.4 Å². The Labute approximate surface area is 193 Å². The summed E-state index contributed by atoms with van der Waals surface area (Å²) < 4.78 is 0.744. The smallest absolute Gasteiger partial charge is 0.251 e. The van der Waals surface area contributed by atoms with Crippen molar-refractivity contribution in [1.82, 2.24) is 15.5 Å². The zero-order valence-corrected chi connectivity index (χ0v) is 18.6. The normalized spacial score (nSPS) is 13.0. The largest absolute Gasteiger partial charge is 0.349 e. The number of hydrogen-bond acceptors (Lipinski definition) is 7. The predicted octanol–water partition coefficient (Wildman–Crippen LogP) is 4.25. The SMILES string of the molecule is N#Cc1ccc(CSc2nnc(NC(=O)/C=C/c3ccc(C(=O)NC4CC4)cc3)s2)cc1. The van der Waals surface area contributed by atoms with Gasteiger partial charge in [-0.25, -0.2) is 0 Å². The minimum absolute atomic E-state index is 0.0649. The highest BCUT2D eigenvalue weighted by atomic mass is 32.2. The van der Waals surface area contributed by atoms with Crippen molar-refractivity contribution >= 4 is 46.1 Å². The van der Waals surface area contributed by atoms with Crippen LogP contribution in [0.4, 0.5) is 5.13 Å². The van der Waals surface area contributed by atoms with Crippen molar-refractivity contribution in [3.63, 3.8) is 0 Å². The molecule has 3 aromatic rings. The van der Waals surface area contributed by atoms with Crippen molar-refractivity contribution in [3.8, 4) is 6.07 Å². The number of carbonyl (C=O) groups is 2. The second-order valence-electron chi connectivity index (χ2n) is 7.16. The molecule has 9 heteroatoms. The van der Waals surface area contributed by atoms with E-state index in [0.29, 0.717) is 28.1 Å². The molecule has 2 N–H and O–H groups in total. The van der Waals surface area contributed by atoms with E-state index in [1.165, 1.54) is 29.2 Å². The quantitative estimate of drug-likeness (QED) is 0.295. The van der Waals surface area contributed by atoms with Crippen molar-refractivity contribution in [1.29, 1.82) is 5.26 Å². The molecule has 0 aliphatic heterocycles. The predicted molar refractivity (Wildman–Crippen MR) is 125 cm³/mol. The van der Waals surface area contributed by atoms with Crippen LogP contribution in [0.3, 0.4) is 0 Å². The number of thioether (sulfide) groups is 1. The summed E-state index contributed by atoms with van der Waals surface area (Å²) in [6, 6.07) is 16.9. The molecule has 4 rings (SSSR count). The molecule has 160 valence electrons. The van der Waals surface area contributed by atoms with Gasteiger partial charge in [-0.15, -0.1) is 10.2 Å². The molecule has 1 aliphatic rings. The van der Waals surface area contributed by atoms with Gasteiger partial charge in [-0.3, -0.25) is 14.9 Å². The Morgan fingerprint density at radius 2 is 1.88 bits per heavy atom. The lowest BCUT2D eigenvalue weighted by atomic mass is 10.1. The molecule has 1 saturated carbocycles. The first-order chi connectivity index (χ1) is 15.6. The molecule has 32 heavy (non-hydrogen) atoms. The van der Waals surface area contributed by atoms with Gasteiger partial charge in [0.05, 0.1) is 11.6 Å². The molecule has 0 unspecified atom stereocenters. The van der Waals surface area contributed by atoms with Gasteiger partial charge < -0.3 is 5.32 Å². The highest BCUT2D eigenvalue weighted by Gasteiger charge is 2.23. The summed E-state index contributed by atoms with van der Waals surface area (Å²) >= 11 is 2.82. The van der Waals surface area contributed by atoms with E-state index >= 15 is 0 Å². The van der Waals surface area contributed by atoms with Crippen LogP contribution in [-0.2, 0) is 10.5 Å². The summed E-state index contributed by atoms with van der Waals surface area (Å²) in [6.07, 6.45) is 5.20. The van der Waals surface area contributed by atoms with E-state index in [1.807, 2.05) is 12.1 Å². The van der Waals surface area contributed by atoms with Gasteiger partial charge in [0.1, 0.15) is 0 Å². The highest BCUT2D eigenvalue weighted by molar-refractivity contribution is 8.00. The van der Waals surface area contributed by atoms with E-state index in [1.54, 1.807) is 42.5 Å². The Hall–Kier alpha value is -3.48. The van der Waals surface area contributed by atoms with Crippen molar-refractivity contribution in [2.45, 2.75) is 29.0 Å². The lowest BCUT2D eigenvalue weighted by Crippen LogP contribution is -2.25. The van der Waals surface area contributed by atoms with Gasteiger partial charge in [0.15, 0.2) is 4.34 Å². The van der Waals surface area contributed by atoms with Crippen LogP contribution in [0.15, 0.2) is 58.9 Å². The van der Waals surface area contributed by atoms with E-state index in [0.717, 1.165) is 28.3 Å². The third kappa shape index (κ3) is 6.26. The minimum atomic E-state index is -0.305. The summed E-state index contributed by atoms with van der Waals surface area (Å²) in [4.78, 5) is 24.2. The maximum atomic E-state index is 12.2. The summed E-state index contributed by atoms with van der Waals surface area (Å²) in [5.74, 6) is 0.327. The number of carbonyl (C=O) groups excluding carboxylic acids is 2. The van der Waals surface area contributed by atoms with Crippen LogP contribution < -0.4 is 10.6 Å². The van der Waals surface area contributed by atoms with Gasteiger partial charge in [-0.05, 0) is 54.3 Å². The van der Waals surface area contributed by atoms with Crippen LogP contribution >= 0.6 is 23.1 Å². The van der Waals surface area contributed by atoms with Gasteiger partial charge in [0.25, 0.3) is 5.91 Å².